The molecule has 0 radical (unpaired) electrons. The molecule has 0 unspecified atom stereocenters. The summed E-state index contributed by atoms with van der Waals surface area (Å²) in [6, 6.07) is 6.88. The second-order valence-corrected chi connectivity index (χ2v) is 6.11. The first-order valence-corrected chi connectivity index (χ1v) is 7.77. The molecule has 98 valence electrons. The van der Waals surface area contributed by atoms with Gasteiger partial charge in [0.2, 0.25) is 0 Å². The van der Waals surface area contributed by atoms with Crippen LogP contribution in [-0.2, 0) is 10.2 Å². The molecule has 0 spiro atoms. The quantitative estimate of drug-likeness (QED) is 0.770. The summed E-state index contributed by atoms with van der Waals surface area (Å²) in [7, 11) is -3.73. The topological polar surface area (TPSA) is 89.5 Å². The van der Waals surface area contributed by atoms with Gasteiger partial charge in [0.1, 0.15) is 0 Å². The molecule has 0 saturated heterocycles. The van der Waals surface area contributed by atoms with E-state index in [1.54, 1.807) is 35.6 Å². The predicted molar refractivity (Wildman–Crippen MR) is 75.2 cm³/mol. The normalized spacial score (nSPS) is 11.8. The molecule has 0 aliphatic rings. The van der Waals surface area contributed by atoms with E-state index in [1.807, 2.05) is 22.2 Å². The van der Waals surface area contributed by atoms with Crippen LogP contribution in [0.5, 0.6) is 0 Å². The zero-order valence-electron chi connectivity index (χ0n) is 9.65. The van der Waals surface area contributed by atoms with Crippen LogP contribution in [0.2, 0.25) is 0 Å². The summed E-state index contributed by atoms with van der Waals surface area (Å²) >= 11 is 1.56. The first-order chi connectivity index (χ1) is 9.01. The number of nitrogens with one attached hydrogen (secondary N) is 1. The summed E-state index contributed by atoms with van der Waals surface area (Å²) in [5.74, 6) is 0. The maximum Gasteiger partial charge on any atom is 0.296 e. The number of anilines is 1. The van der Waals surface area contributed by atoms with E-state index in [9.17, 15) is 8.42 Å². The zero-order chi connectivity index (χ0) is 13.5. The summed E-state index contributed by atoms with van der Waals surface area (Å²) in [6.07, 6.45) is 3.86. The highest BCUT2D eigenvalue weighted by atomic mass is 32.2. The molecule has 0 aliphatic heterocycles. The number of hydrogen-bond acceptors (Lipinski definition) is 4. The minimum atomic E-state index is -3.73. The van der Waals surface area contributed by atoms with E-state index in [1.165, 1.54) is 0 Å². The van der Waals surface area contributed by atoms with Crippen LogP contribution >= 0.6 is 11.3 Å². The number of hydrogen-bond donors (Lipinski definition) is 2. The first-order valence-electron chi connectivity index (χ1n) is 5.34. The van der Waals surface area contributed by atoms with Gasteiger partial charge in [0.05, 0.1) is 5.69 Å². The molecule has 0 aliphatic carbocycles. The molecule has 19 heavy (non-hydrogen) atoms. The third kappa shape index (κ3) is 2.60. The van der Waals surface area contributed by atoms with E-state index in [0.29, 0.717) is 5.69 Å². The van der Waals surface area contributed by atoms with Crippen LogP contribution in [0.4, 0.5) is 5.69 Å². The van der Waals surface area contributed by atoms with Gasteiger partial charge in [0, 0.05) is 29.0 Å². The molecule has 1 aromatic carbocycles. The van der Waals surface area contributed by atoms with Gasteiger partial charge in [0.25, 0.3) is 10.2 Å². The van der Waals surface area contributed by atoms with Crippen molar-refractivity contribution in [3.63, 3.8) is 0 Å². The van der Waals surface area contributed by atoms with Crippen LogP contribution in [-0.4, -0.2) is 17.8 Å². The Hall–Kier alpha value is -1.90. The van der Waals surface area contributed by atoms with Crippen molar-refractivity contribution in [2.45, 2.75) is 0 Å². The Morgan fingerprint density at radius 3 is 2.63 bits per heavy atom. The molecule has 3 N–H and O–H groups in total. The van der Waals surface area contributed by atoms with Gasteiger partial charge in [-0.15, -0.1) is 11.3 Å². The standard InChI is InChI=1S/C11H10N4O2S2/c12-19(16,17)14-9-3-1-8(2-4-9)10-7-15-5-6-18-11(15)13-10/h1-7,14H,(H2,12,16,17). The molecule has 3 aromatic rings. The van der Waals surface area contributed by atoms with Gasteiger partial charge in [0.15, 0.2) is 4.96 Å². The van der Waals surface area contributed by atoms with E-state index in [4.69, 9.17) is 5.14 Å². The van der Waals surface area contributed by atoms with Crippen molar-refractivity contribution in [3.05, 3.63) is 42.0 Å². The fourth-order valence-corrected chi connectivity index (χ4v) is 2.90. The molecule has 0 bridgehead atoms. The molecule has 2 heterocycles. The minimum absolute atomic E-state index is 0.423. The number of nitrogens with two attached hydrogens (primary N) is 1. The average Bonchev–Trinajstić information content (AvgIpc) is 2.87. The van der Waals surface area contributed by atoms with Crippen molar-refractivity contribution in [3.8, 4) is 11.3 Å². The number of thiazole rings is 1. The van der Waals surface area contributed by atoms with Gasteiger partial charge in [-0.25, -0.2) is 10.1 Å². The lowest BCUT2D eigenvalue weighted by molar-refractivity contribution is 0.603. The second kappa shape index (κ2) is 4.34. The van der Waals surface area contributed by atoms with Crippen molar-refractivity contribution < 1.29 is 8.42 Å². The number of nitrogens with zero attached hydrogens (tertiary/aromatic N) is 2. The molecule has 6 nitrogen and oxygen atoms in total. The number of benzene rings is 1. The number of imidazole rings is 1. The van der Waals surface area contributed by atoms with Crippen molar-refractivity contribution in [1.82, 2.24) is 9.38 Å². The summed E-state index contributed by atoms with van der Waals surface area (Å²) in [5, 5.41) is 6.86. The molecular weight excluding hydrogens is 284 g/mol. The highest BCUT2D eigenvalue weighted by Crippen LogP contribution is 2.23. The minimum Gasteiger partial charge on any atom is -0.297 e. The Balaban J connectivity index is 1.92. The largest absolute Gasteiger partial charge is 0.297 e. The van der Waals surface area contributed by atoms with Gasteiger partial charge >= 0.3 is 0 Å². The molecule has 2 aromatic heterocycles. The molecule has 3 rings (SSSR count). The van der Waals surface area contributed by atoms with E-state index >= 15 is 0 Å². The van der Waals surface area contributed by atoms with Crippen LogP contribution < -0.4 is 9.86 Å². The smallest absolute Gasteiger partial charge is 0.296 e. The lowest BCUT2D eigenvalue weighted by Crippen LogP contribution is -2.21. The first kappa shape index (κ1) is 12.2. The van der Waals surface area contributed by atoms with Gasteiger partial charge < -0.3 is 0 Å². The van der Waals surface area contributed by atoms with Crippen LogP contribution in [0.3, 0.4) is 0 Å². The monoisotopic (exact) mass is 294 g/mol. The van der Waals surface area contributed by atoms with Gasteiger partial charge in [-0.2, -0.15) is 8.42 Å². The lowest BCUT2D eigenvalue weighted by Gasteiger charge is -2.03. The van der Waals surface area contributed by atoms with E-state index < -0.39 is 10.2 Å². The van der Waals surface area contributed by atoms with Crippen molar-refractivity contribution in [2.75, 3.05) is 4.72 Å². The Kier molecular flexibility index (Phi) is 2.77. The maximum atomic E-state index is 10.9. The van der Waals surface area contributed by atoms with E-state index in [-0.39, 0.29) is 0 Å². The Morgan fingerprint density at radius 2 is 2.00 bits per heavy atom. The molecule has 0 saturated carbocycles. The second-order valence-electron chi connectivity index (χ2n) is 3.94. The summed E-state index contributed by atoms with van der Waals surface area (Å²) in [4.78, 5) is 5.38. The summed E-state index contributed by atoms with van der Waals surface area (Å²) < 4.78 is 25.9. The summed E-state index contributed by atoms with van der Waals surface area (Å²) in [6.45, 7) is 0. The summed E-state index contributed by atoms with van der Waals surface area (Å²) in [5.41, 5.74) is 2.18. The Bertz CT molecular complexity index is 789. The van der Waals surface area contributed by atoms with Crippen molar-refractivity contribution in [2.24, 2.45) is 5.14 Å². The van der Waals surface area contributed by atoms with Gasteiger partial charge in [-0.05, 0) is 12.1 Å². The fraction of sp³-hybridized carbons (Fsp3) is 0. The maximum absolute atomic E-state index is 10.9. The molecule has 8 heteroatoms. The fourth-order valence-electron chi connectivity index (χ4n) is 1.74. The SMILES string of the molecule is NS(=O)(=O)Nc1ccc(-c2cn3ccsc3n2)cc1. The van der Waals surface area contributed by atoms with Crippen LogP contribution in [0.1, 0.15) is 0 Å². The van der Waals surface area contributed by atoms with Gasteiger partial charge in [-0.3, -0.25) is 9.12 Å². The van der Waals surface area contributed by atoms with Crippen molar-refractivity contribution >= 4 is 32.2 Å². The predicted octanol–water partition coefficient (Wildman–Crippen LogP) is 1.68. The highest BCUT2D eigenvalue weighted by Gasteiger charge is 2.06. The van der Waals surface area contributed by atoms with Crippen molar-refractivity contribution in [1.29, 1.82) is 0 Å². The molecular formula is C11H10N4O2S2. The third-order valence-electron chi connectivity index (χ3n) is 2.53. The van der Waals surface area contributed by atoms with Crippen LogP contribution in [0.25, 0.3) is 16.2 Å². The Morgan fingerprint density at radius 1 is 1.26 bits per heavy atom. The highest BCUT2D eigenvalue weighted by molar-refractivity contribution is 7.90. The molecule has 0 fully saturated rings. The number of fused-ring (bicyclic) bond motifs is 1. The van der Waals surface area contributed by atoms with E-state index in [0.717, 1.165) is 16.2 Å². The van der Waals surface area contributed by atoms with Crippen LogP contribution in [0.15, 0.2) is 42.0 Å². The van der Waals surface area contributed by atoms with Gasteiger partial charge in [-0.1, -0.05) is 12.1 Å². The number of aromatic nitrogens is 2. The number of rotatable bonds is 3. The molecule has 0 amide bonds. The lowest BCUT2D eigenvalue weighted by atomic mass is 10.1. The third-order valence-corrected chi connectivity index (χ3v) is 3.82. The average molecular weight is 294 g/mol. The van der Waals surface area contributed by atoms with E-state index in [2.05, 4.69) is 9.71 Å². The molecule has 0 atom stereocenters. The Labute approximate surface area is 113 Å². The van der Waals surface area contributed by atoms with Crippen LogP contribution in [0, 0.1) is 0 Å². The zero-order valence-corrected chi connectivity index (χ0v) is 11.3.